The number of hydrogen-bond donors (Lipinski definition) is 0. The van der Waals surface area contributed by atoms with Crippen molar-refractivity contribution in [2.75, 3.05) is 0 Å². The summed E-state index contributed by atoms with van der Waals surface area (Å²) >= 11 is 0. The Bertz CT molecular complexity index is 539. The minimum Gasteiger partial charge on any atom is -0.199 e. The molecule has 84 valence electrons. The highest BCUT2D eigenvalue weighted by molar-refractivity contribution is 7.90. The molecule has 0 bridgehead atoms. The summed E-state index contributed by atoms with van der Waals surface area (Å²) in [4.78, 5) is 0.255. The Labute approximate surface area is 95.6 Å². The fourth-order valence-corrected chi connectivity index (χ4v) is 2.57. The van der Waals surface area contributed by atoms with E-state index in [1.165, 1.54) is 0 Å². The quantitative estimate of drug-likeness (QED) is 0.790. The van der Waals surface area contributed by atoms with Gasteiger partial charge in [0.2, 0.25) is 0 Å². The van der Waals surface area contributed by atoms with Crippen molar-refractivity contribution in [3.05, 3.63) is 42.0 Å². The van der Waals surface area contributed by atoms with Gasteiger partial charge in [0, 0.05) is 0 Å². The van der Waals surface area contributed by atoms with Gasteiger partial charge in [-0.25, -0.2) is 0 Å². The zero-order valence-electron chi connectivity index (χ0n) is 9.05. The summed E-state index contributed by atoms with van der Waals surface area (Å²) in [6, 6.07) is 6.73. The number of rotatable bonds is 2. The van der Waals surface area contributed by atoms with Gasteiger partial charge < -0.3 is 0 Å². The van der Waals surface area contributed by atoms with Gasteiger partial charge >= 0.3 is 0 Å². The minimum atomic E-state index is -3.52. The topological polar surface area (TPSA) is 46.5 Å². The van der Waals surface area contributed by atoms with Crippen LogP contribution in [0, 0.1) is 6.92 Å². The lowest BCUT2D eigenvalue weighted by molar-refractivity contribution is 0.598. The maximum absolute atomic E-state index is 11.9. The van der Waals surface area contributed by atoms with Crippen molar-refractivity contribution in [3.8, 4) is 0 Å². The van der Waals surface area contributed by atoms with Crippen molar-refractivity contribution >= 4 is 15.7 Å². The Morgan fingerprint density at radius 2 is 1.88 bits per heavy atom. The van der Waals surface area contributed by atoms with Gasteiger partial charge in [-0.2, -0.15) is 12.8 Å². The Hall–Kier alpha value is -1.42. The van der Waals surface area contributed by atoms with E-state index in [0.717, 1.165) is 12.0 Å². The van der Waals surface area contributed by atoms with Gasteiger partial charge in [-0.3, -0.25) is 0 Å². The smallest absolute Gasteiger partial charge is 0.199 e. The van der Waals surface area contributed by atoms with E-state index in [2.05, 4.69) is 4.40 Å². The molecule has 0 heterocycles. The lowest BCUT2D eigenvalue weighted by Gasteiger charge is -2.00. The molecule has 0 radical (unpaired) electrons. The molecule has 3 nitrogen and oxygen atoms in total. The molecule has 0 atom stereocenters. The summed E-state index contributed by atoms with van der Waals surface area (Å²) in [5.74, 6) is 0. The Kier molecular flexibility index (Phi) is 2.92. The summed E-state index contributed by atoms with van der Waals surface area (Å²) in [7, 11) is -3.52. The molecule has 1 aliphatic rings. The first-order chi connectivity index (χ1) is 7.58. The second-order valence-corrected chi connectivity index (χ2v) is 5.42. The van der Waals surface area contributed by atoms with Crippen LogP contribution in [0.5, 0.6) is 0 Å². The van der Waals surface area contributed by atoms with Crippen molar-refractivity contribution in [3.63, 3.8) is 0 Å². The monoisotopic (exact) mass is 235 g/mol. The fourth-order valence-electron chi connectivity index (χ4n) is 1.53. The number of hydrogen-bond acceptors (Lipinski definition) is 2. The van der Waals surface area contributed by atoms with Crippen molar-refractivity contribution in [2.24, 2.45) is 4.40 Å². The fraction of sp³-hybridized carbons (Fsp3) is 0.250. The first kappa shape index (κ1) is 11.1. The average Bonchev–Trinajstić information content (AvgIpc) is 2.70. The van der Waals surface area contributed by atoms with Crippen LogP contribution in [-0.2, 0) is 10.0 Å². The summed E-state index contributed by atoms with van der Waals surface area (Å²) in [6.45, 7) is 1.92. The first-order valence-electron chi connectivity index (χ1n) is 5.15. The second kappa shape index (κ2) is 4.22. The molecule has 0 saturated heterocycles. The maximum Gasteiger partial charge on any atom is 0.282 e. The van der Waals surface area contributed by atoms with E-state index in [4.69, 9.17) is 0 Å². The van der Waals surface area contributed by atoms with Crippen LogP contribution in [0.2, 0.25) is 0 Å². The highest BCUT2D eigenvalue weighted by Crippen LogP contribution is 2.16. The van der Waals surface area contributed by atoms with Crippen LogP contribution >= 0.6 is 0 Å². The largest absolute Gasteiger partial charge is 0.282 e. The van der Waals surface area contributed by atoms with Crippen molar-refractivity contribution in [1.82, 2.24) is 0 Å². The first-order valence-corrected chi connectivity index (χ1v) is 6.59. The maximum atomic E-state index is 11.9. The predicted octanol–water partition coefficient (Wildman–Crippen LogP) is 2.47. The molecule has 0 saturated carbocycles. The molecule has 0 spiro atoms. The standard InChI is InChI=1S/C12H13NO2S/c1-10-6-8-12(9-7-10)16(14,15)13-11-4-2-3-5-11/h2,4,6-9H,3,5H2,1H3/b13-11-. The molecule has 0 fully saturated rings. The van der Waals surface area contributed by atoms with Crippen LogP contribution in [0.1, 0.15) is 18.4 Å². The van der Waals surface area contributed by atoms with E-state index in [-0.39, 0.29) is 4.90 Å². The van der Waals surface area contributed by atoms with Gasteiger partial charge in [0.1, 0.15) is 0 Å². The van der Waals surface area contributed by atoms with Gasteiger partial charge in [0.25, 0.3) is 10.0 Å². The van der Waals surface area contributed by atoms with E-state index < -0.39 is 10.0 Å². The normalized spacial score (nSPS) is 18.2. The van der Waals surface area contributed by atoms with Crippen molar-refractivity contribution < 1.29 is 8.42 Å². The van der Waals surface area contributed by atoms with E-state index in [9.17, 15) is 8.42 Å². The lowest BCUT2D eigenvalue weighted by Crippen LogP contribution is -2.01. The van der Waals surface area contributed by atoms with Crippen LogP contribution in [0.25, 0.3) is 0 Å². The molecule has 0 amide bonds. The third-order valence-electron chi connectivity index (χ3n) is 2.43. The molecule has 2 rings (SSSR count). The van der Waals surface area contributed by atoms with Gasteiger partial charge in [0.05, 0.1) is 10.6 Å². The summed E-state index contributed by atoms with van der Waals surface area (Å²) in [5, 5.41) is 0. The second-order valence-electron chi connectivity index (χ2n) is 3.81. The van der Waals surface area contributed by atoms with Crippen LogP contribution in [-0.4, -0.2) is 14.1 Å². The SMILES string of the molecule is Cc1ccc(S(=O)(=O)/N=C2/C=CCC2)cc1. The molecule has 0 aliphatic heterocycles. The number of aryl methyl sites for hydroxylation is 1. The molecule has 16 heavy (non-hydrogen) atoms. The number of benzene rings is 1. The Balaban J connectivity index is 2.35. The van der Waals surface area contributed by atoms with Gasteiger partial charge in [0.15, 0.2) is 0 Å². The molecule has 0 aromatic heterocycles. The number of allylic oxidation sites excluding steroid dienone is 2. The summed E-state index contributed by atoms with van der Waals surface area (Å²) in [5.41, 5.74) is 1.67. The lowest BCUT2D eigenvalue weighted by atomic mass is 10.2. The number of nitrogens with zero attached hydrogens (tertiary/aromatic N) is 1. The average molecular weight is 235 g/mol. The third-order valence-corrected chi connectivity index (χ3v) is 3.78. The molecule has 1 aromatic rings. The van der Waals surface area contributed by atoms with Crippen LogP contribution in [0.4, 0.5) is 0 Å². The van der Waals surface area contributed by atoms with Crippen molar-refractivity contribution in [2.45, 2.75) is 24.7 Å². The van der Waals surface area contributed by atoms with Crippen LogP contribution in [0.15, 0.2) is 45.7 Å². The molecule has 4 heteroatoms. The van der Waals surface area contributed by atoms with Crippen LogP contribution in [0.3, 0.4) is 0 Å². The summed E-state index contributed by atoms with van der Waals surface area (Å²) < 4.78 is 27.6. The molecular formula is C12H13NO2S. The number of sulfonamides is 1. The zero-order valence-corrected chi connectivity index (χ0v) is 9.87. The zero-order chi connectivity index (χ0) is 11.6. The Morgan fingerprint density at radius 1 is 1.19 bits per heavy atom. The van der Waals surface area contributed by atoms with Crippen LogP contribution < -0.4 is 0 Å². The van der Waals surface area contributed by atoms with Gasteiger partial charge in [-0.15, -0.1) is 0 Å². The highest BCUT2D eigenvalue weighted by atomic mass is 32.2. The van der Waals surface area contributed by atoms with E-state index in [0.29, 0.717) is 12.1 Å². The minimum absolute atomic E-state index is 0.255. The van der Waals surface area contributed by atoms with Gasteiger partial charge in [-0.05, 0) is 38.0 Å². The predicted molar refractivity (Wildman–Crippen MR) is 64.2 cm³/mol. The summed E-state index contributed by atoms with van der Waals surface area (Å²) in [6.07, 6.45) is 5.29. The van der Waals surface area contributed by atoms with E-state index >= 15 is 0 Å². The Morgan fingerprint density at radius 3 is 2.44 bits per heavy atom. The highest BCUT2D eigenvalue weighted by Gasteiger charge is 2.14. The molecule has 1 aromatic carbocycles. The third kappa shape index (κ3) is 2.39. The molecule has 1 aliphatic carbocycles. The van der Waals surface area contributed by atoms with E-state index in [1.807, 2.05) is 13.0 Å². The van der Waals surface area contributed by atoms with Gasteiger partial charge in [-0.1, -0.05) is 23.8 Å². The van der Waals surface area contributed by atoms with E-state index in [1.54, 1.807) is 30.3 Å². The molecule has 0 N–H and O–H groups in total. The molecular weight excluding hydrogens is 222 g/mol. The van der Waals surface area contributed by atoms with Crippen molar-refractivity contribution in [1.29, 1.82) is 0 Å². The molecule has 0 unspecified atom stereocenters.